The Morgan fingerprint density at radius 3 is 2.61 bits per heavy atom. The van der Waals surface area contributed by atoms with E-state index < -0.39 is 17.7 Å². The molecule has 0 radical (unpaired) electrons. The number of esters is 1. The van der Waals surface area contributed by atoms with Crippen molar-refractivity contribution < 1.29 is 23.5 Å². The van der Waals surface area contributed by atoms with Crippen LogP contribution in [0.4, 0.5) is 4.39 Å². The minimum absolute atomic E-state index is 0.0385. The summed E-state index contributed by atoms with van der Waals surface area (Å²) in [6, 6.07) is 12.3. The maximum absolute atomic E-state index is 14.1. The summed E-state index contributed by atoms with van der Waals surface area (Å²) >= 11 is 0. The molecule has 0 aliphatic carbocycles. The molecule has 9 heteroatoms. The topological polar surface area (TPSA) is 90.7 Å². The van der Waals surface area contributed by atoms with E-state index in [2.05, 4.69) is 4.98 Å². The van der Waals surface area contributed by atoms with E-state index >= 15 is 0 Å². The number of ether oxygens (including phenoxy) is 2. The van der Waals surface area contributed by atoms with Crippen LogP contribution in [0.3, 0.4) is 0 Å². The number of hydrogen-bond acceptors (Lipinski definition) is 6. The lowest BCUT2D eigenvalue weighted by Crippen LogP contribution is -2.34. The maximum atomic E-state index is 14.1. The van der Waals surface area contributed by atoms with Crippen molar-refractivity contribution in [2.45, 2.75) is 19.6 Å². The highest BCUT2D eigenvalue weighted by molar-refractivity contribution is 5.95. The SMILES string of the molecule is COC(=O)c1c(OCc2ccccn2)cc(=O)n2c1CCN(C(=O)c1ccccc1F)CC2. The van der Waals surface area contributed by atoms with Gasteiger partial charge in [-0.3, -0.25) is 14.6 Å². The second kappa shape index (κ2) is 9.64. The van der Waals surface area contributed by atoms with Crippen LogP contribution in [0.1, 0.15) is 32.1 Å². The lowest BCUT2D eigenvalue weighted by molar-refractivity contribution is 0.0592. The van der Waals surface area contributed by atoms with E-state index in [1.54, 1.807) is 30.5 Å². The monoisotopic (exact) mass is 451 g/mol. The third kappa shape index (κ3) is 4.62. The van der Waals surface area contributed by atoms with Crippen molar-refractivity contribution in [3.63, 3.8) is 0 Å². The number of carbonyl (C=O) groups is 2. The molecular weight excluding hydrogens is 429 g/mol. The summed E-state index contributed by atoms with van der Waals surface area (Å²) in [5, 5.41) is 0. The number of rotatable bonds is 5. The highest BCUT2D eigenvalue weighted by Crippen LogP contribution is 2.25. The van der Waals surface area contributed by atoms with E-state index in [0.29, 0.717) is 11.4 Å². The molecule has 0 atom stereocenters. The first kappa shape index (κ1) is 22.2. The summed E-state index contributed by atoms with van der Waals surface area (Å²) in [6.07, 6.45) is 1.81. The van der Waals surface area contributed by atoms with Crippen LogP contribution in [0.25, 0.3) is 0 Å². The molecule has 33 heavy (non-hydrogen) atoms. The number of benzene rings is 1. The van der Waals surface area contributed by atoms with Crippen molar-refractivity contribution in [2.75, 3.05) is 20.2 Å². The molecule has 3 heterocycles. The van der Waals surface area contributed by atoms with Gasteiger partial charge in [-0.15, -0.1) is 0 Å². The fourth-order valence-corrected chi connectivity index (χ4v) is 3.83. The van der Waals surface area contributed by atoms with Gasteiger partial charge in [-0.05, 0) is 24.3 Å². The first-order valence-electron chi connectivity index (χ1n) is 10.4. The summed E-state index contributed by atoms with van der Waals surface area (Å²) in [6.45, 7) is 0.597. The molecule has 1 aromatic carbocycles. The van der Waals surface area contributed by atoms with Gasteiger partial charge in [0, 0.05) is 44.0 Å². The van der Waals surface area contributed by atoms with Crippen molar-refractivity contribution in [1.29, 1.82) is 0 Å². The lowest BCUT2D eigenvalue weighted by atomic mass is 10.1. The van der Waals surface area contributed by atoms with Crippen LogP contribution in [0.2, 0.25) is 0 Å². The Kier molecular flexibility index (Phi) is 6.48. The van der Waals surface area contributed by atoms with Gasteiger partial charge in [0.1, 0.15) is 23.7 Å². The van der Waals surface area contributed by atoms with Gasteiger partial charge in [-0.2, -0.15) is 0 Å². The average molecular weight is 451 g/mol. The molecule has 0 fully saturated rings. The molecule has 8 nitrogen and oxygen atoms in total. The van der Waals surface area contributed by atoms with Crippen LogP contribution < -0.4 is 10.3 Å². The Bertz CT molecular complexity index is 1240. The molecule has 0 bridgehead atoms. The average Bonchev–Trinajstić information content (AvgIpc) is 3.06. The van der Waals surface area contributed by atoms with Gasteiger partial charge in [0.15, 0.2) is 0 Å². The molecule has 170 valence electrons. The molecule has 0 spiro atoms. The Balaban J connectivity index is 1.65. The minimum Gasteiger partial charge on any atom is -0.486 e. The number of methoxy groups -OCH3 is 1. The minimum atomic E-state index is -0.649. The highest BCUT2D eigenvalue weighted by atomic mass is 19.1. The third-order valence-corrected chi connectivity index (χ3v) is 5.48. The quantitative estimate of drug-likeness (QED) is 0.554. The van der Waals surface area contributed by atoms with E-state index in [0.717, 1.165) is 0 Å². The van der Waals surface area contributed by atoms with E-state index in [1.807, 2.05) is 0 Å². The molecule has 1 amide bonds. The predicted molar refractivity (Wildman–Crippen MR) is 117 cm³/mol. The number of hydrogen-bond donors (Lipinski definition) is 0. The van der Waals surface area contributed by atoms with Crippen LogP contribution in [0, 0.1) is 5.82 Å². The maximum Gasteiger partial charge on any atom is 0.343 e. The molecule has 2 aromatic heterocycles. The predicted octanol–water partition coefficient (Wildman–Crippen LogP) is 2.45. The van der Waals surface area contributed by atoms with E-state index in [9.17, 15) is 18.8 Å². The second-order valence-electron chi connectivity index (χ2n) is 7.44. The third-order valence-electron chi connectivity index (χ3n) is 5.48. The number of fused-ring (bicyclic) bond motifs is 1. The number of halogens is 1. The fourth-order valence-electron chi connectivity index (χ4n) is 3.83. The summed E-state index contributed by atoms with van der Waals surface area (Å²) in [4.78, 5) is 44.1. The van der Waals surface area contributed by atoms with Gasteiger partial charge < -0.3 is 18.9 Å². The first-order chi connectivity index (χ1) is 16.0. The normalized spacial score (nSPS) is 13.1. The van der Waals surface area contributed by atoms with Crippen molar-refractivity contribution in [2.24, 2.45) is 0 Å². The molecular formula is C24H22FN3O5. The molecule has 1 aliphatic heterocycles. The zero-order valence-corrected chi connectivity index (χ0v) is 18.0. The molecule has 1 aliphatic rings. The van der Waals surface area contributed by atoms with Crippen molar-refractivity contribution in [1.82, 2.24) is 14.5 Å². The zero-order valence-electron chi connectivity index (χ0n) is 18.0. The van der Waals surface area contributed by atoms with Gasteiger partial charge in [0.05, 0.1) is 18.4 Å². The molecule has 0 saturated heterocycles. The van der Waals surface area contributed by atoms with Crippen molar-refractivity contribution in [3.8, 4) is 5.75 Å². The molecule has 4 rings (SSSR count). The Morgan fingerprint density at radius 2 is 1.88 bits per heavy atom. The van der Waals surface area contributed by atoms with Crippen molar-refractivity contribution in [3.05, 3.63) is 93.4 Å². The Labute approximate surface area is 189 Å². The Hall–Kier alpha value is -4.01. The molecule has 0 saturated carbocycles. The van der Waals surface area contributed by atoms with E-state index in [1.165, 1.54) is 40.8 Å². The van der Waals surface area contributed by atoms with Crippen LogP contribution >= 0.6 is 0 Å². The van der Waals surface area contributed by atoms with Crippen LogP contribution in [-0.4, -0.2) is 46.5 Å². The fraction of sp³-hybridized carbons (Fsp3) is 0.250. The second-order valence-corrected chi connectivity index (χ2v) is 7.44. The van der Waals surface area contributed by atoms with Crippen LogP contribution in [0.15, 0.2) is 59.5 Å². The number of carbonyl (C=O) groups excluding carboxylic acids is 2. The van der Waals surface area contributed by atoms with Gasteiger partial charge in [-0.25, -0.2) is 9.18 Å². The summed E-state index contributed by atoms with van der Waals surface area (Å²) < 4.78 is 26.3. The number of nitrogens with zero attached hydrogens (tertiary/aromatic N) is 3. The van der Waals surface area contributed by atoms with Gasteiger partial charge in [-0.1, -0.05) is 18.2 Å². The van der Waals surface area contributed by atoms with Crippen molar-refractivity contribution >= 4 is 11.9 Å². The van der Waals surface area contributed by atoms with E-state index in [4.69, 9.17) is 9.47 Å². The lowest BCUT2D eigenvalue weighted by Gasteiger charge is -2.20. The van der Waals surface area contributed by atoms with Gasteiger partial charge in [0.25, 0.3) is 11.5 Å². The van der Waals surface area contributed by atoms with E-state index in [-0.39, 0.29) is 55.1 Å². The molecule has 3 aromatic rings. The standard InChI is InChI=1S/C24H22FN3O5/c1-32-24(31)22-19-9-11-27(23(30)17-7-2-3-8-18(17)25)12-13-28(19)21(29)14-20(22)33-15-16-6-4-5-10-26-16/h2-8,10,14H,9,11-13,15H2,1H3. The number of pyridine rings is 2. The Morgan fingerprint density at radius 1 is 1.09 bits per heavy atom. The summed E-state index contributed by atoms with van der Waals surface area (Å²) in [7, 11) is 1.25. The number of aromatic nitrogens is 2. The van der Waals surface area contributed by atoms with Gasteiger partial charge in [0.2, 0.25) is 0 Å². The summed E-state index contributed by atoms with van der Waals surface area (Å²) in [5.74, 6) is -1.64. The molecule has 0 N–H and O–H groups in total. The number of amides is 1. The molecule has 0 unspecified atom stereocenters. The van der Waals surface area contributed by atoms with Crippen LogP contribution in [-0.2, 0) is 24.3 Å². The highest BCUT2D eigenvalue weighted by Gasteiger charge is 2.28. The smallest absolute Gasteiger partial charge is 0.343 e. The zero-order chi connectivity index (χ0) is 23.4. The summed E-state index contributed by atoms with van der Waals surface area (Å²) in [5.41, 5.74) is 0.768. The van der Waals surface area contributed by atoms with Crippen LogP contribution in [0.5, 0.6) is 5.75 Å². The largest absolute Gasteiger partial charge is 0.486 e. The first-order valence-corrected chi connectivity index (χ1v) is 10.4. The van der Waals surface area contributed by atoms with Gasteiger partial charge >= 0.3 is 5.97 Å².